The maximum absolute atomic E-state index is 14.2. The molecule has 2 amide bonds. The van der Waals surface area contributed by atoms with Gasteiger partial charge in [0, 0.05) is 42.7 Å². The monoisotopic (exact) mass is 543 g/mol. The average molecular weight is 544 g/mol. The van der Waals surface area contributed by atoms with E-state index in [-0.39, 0.29) is 18.4 Å². The second-order valence-electron chi connectivity index (χ2n) is 10.9. The number of carboxylic acids is 1. The molecule has 1 aliphatic carbocycles. The van der Waals surface area contributed by atoms with Crippen LogP contribution in [0.4, 0.5) is 0 Å². The Bertz CT molecular complexity index is 1250. The summed E-state index contributed by atoms with van der Waals surface area (Å²) in [5, 5.41) is 14.7. The highest BCUT2D eigenvalue weighted by Gasteiger charge is 2.50. The summed E-state index contributed by atoms with van der Waals surface area (Å²) in [6, 6.07) is 4.89. The van der Waals surface area contributed by atoms with E-state index in [9.17, 15) is 19.5 Å². The van der Waals surface area contributed by atoms with E-state index < -0.39 is 23.3 Å². The van der Waals surface area contributed by atoms with Crippen LogP contribution in [0.25, 0.3) is 0 Å². The van der Waals surface area contributed by atoms with Gasteiger partial charge in [-0.15, -0.1) is 0 Å². The number of amides is 2. The molecule has 2 aromatic rings. The number of carbonyl (C=O) groups is 3. The SMILES string of the molecule is Cc1cc(COc2ccc(Cl)c3c2[C@@H](CN2CCCC2=O)N(C(=O)[C@@H]2CCCC[C@]2(C)C(=O)O)CC3)no1. The van der Waals surface area contributed by atoms with Crippen LogP contribution < -0.4 is 4.74 Å². The van der Waals surface area contributed by atoms with Crippen LogP contribution in [-0.2, 0) is 27.4 Å². The van der Waals surface area contributed by atoms with Gasteiger partial charge in [0.2, 0.25) is 11.8 Å². The number of carbonyl (C=O) groups excluding carboxylic acids is 2. The summed E-state index contributed by atoms with van der Waals surface area (Å²) >= 11 is 6.66. The van der Waals surface area contributed by atoms with E-state index in [4.69, 9.17) is 20.9 Å². The van der Waals surface area contributed by atoms with E-state index in [0.29, 0.717) is 67.5 Å². The lowest BCUT2D eigenvalue weighted by Gasteiger charge is -2.45. The van der Waals surface area contributed by atoms with Gasteiger partial charge >= 0.3 is 5.97 Å². The van der Waals surface area contributed by atoms with Crippen LogP contribution in [0.3, 0.4) is 0 Å². The number of aryl methyl sites for hydroxylation is 1. The Morgan fingerprint density at radius 1 is 1.24 bits per heavy atom. The van der Waals surface area contributed by atoms with E-state index in [2.05, 4.69) is 5.16 Å². The van der Waals surface area contributed by atoms with Crippen LogP contribution in [-0.4, -0.2) is 57.5 Å². The predicted octanol–water partition coefficient (Wildman–Crippen LogP) is 4.54. The van der Waals surface area contributed by atoms with Crippen molar-refractivity contribution in [3.8, 4) is 5.75 Å². The number of fused-ring (bicyclic) bond motifs is 1. The second kappa shape index (κ2) is 10.6. The number of carboxylic acid groups (broad SMARTS) is 1. The van der Waals surface area contributed by atoms with E-state index in [1.807, 2.05) is 6.92 Å². The fourth-order valence-electron chi connectivity index (χ4n) is 6.29. The Hall–Kier alpha value is -3.07. The van der Waals surface area contributed by atoms with Gasteiger partial charge in [0.05, 0.1) is 17.4 Å². The quantitative estimate of drug-likeness (QED) is 0.545. The molecule has 3 heterocycles. The van der Waals surface area contributed by atoms with Crippen LogP contribution in [0.1, 0.15) is 74.1 Å². The Kier molecular flexibility index (Phi) is 7.40. The first-order chi connectivity index (χ1) is 18.2. The second-order valence-corrected chi connectivity index (χ2v) is 11.3. The topological polar surface area (TPSA) is 113 Å². The highest BCUT2D eigenvalue weighted by atomic mass is 35.5. The van der Waals surface area contributed by atoms with Crippen molar-refractivity contribution in [2.75, 3.05) is 19.6 Å². The molecule has 9 nitrogen and oxygen atoms in total. The van der Waals surface area contributed by atoms with Crippen LogP contribution in [0.2, 0.25) is 5.02 Å². The lowest BCUT2D eigenvalue weighted by molar-refractivity contribution is -0.162. The molecule has 10 heteroatoms. The van der Waals surface area contributed by atoms with Crippen molar-refractivity contribution in [3.05, 3.63) is 45.8 Å². The van der Waals surface area contributed by atoms with Crippen LogP contribution >= 0.6 is 11.6 Å². The van der Waals surface area contributed by atoms with Crippen LogP contribution in [0.15, 0.2) is 22.7 Å². The first-order valence-electron chi connectivity index (χ1n) is 13.4. The van der Waals surface area contributed by atoms with Crippen molar-refractivity contribution < 1.29 is 28.8 Å². The number of ether oxygens (including phenoxy) is 1. The minimum absolute atomic E-state index is 0.0557. The molecule has 38 heavy (non-hydrogen) atoms. The predicted molar refractivity (Wildman–Crippen MR) is 139 cm³/mol. The molecule has 3 aliphatic rings. The lowest BCUT2D eigenvalue weighted by atomic mass is 9.66. The van der Waals surface area contributed by atoms with Crippen molar-refractivity contribution >= 4 is 29.4 Å². The van der Waals surface area contributed by atoms with Gasteiger partial charge in [0.1, 0.15) is 23.8 Å². The van der Waals surface area contributed by atoms with E-state index in [0.717, 1.165) is 30.4 Å². The fraction of sp³-hybridized carbons (Fsp3) is 0.571. The number of hydrogen-bond acceptors (Lipinski definition) is 6. The molecule has 204 valence electrons. The number of aromatic nitrogens is 1. The number of aliphatic carboxylic acids is 1. The number of halogens is 1. The van der Waals surface area contributed by atoms with Crippen molar-refractivity contribution in [2.45, 2.75) is 71.4 Å². The molecule has 1 saturated carbocycles. The molecule has 1 saturated heterocycles. The molecular weight excluding hydrogens is 510 g/mol. The third-order valence-corrected chi connectivity index (χ3v) is 8.82. The van der Waals surface area contributed by atoms with Gasteiger partial charge in [-0.05, 0) is 57.2 Å². The van der Waals surface area contributed by atoms with Crippen molar-refractivity contribution in [1.29, 1.82) is 0 Å². The molecule has 1 aromatic heterocycles. The minimum Gasteiger partial charge on any atom is -0.487 e. The molecule has 1 N–H and O–H groups in total. The largest absolute Gasteiger partial charge is 0.487 e. The molecule has 1 aromatic carbocycles. The van der Waals surface area contributed by atoms with E-state index >= 15 is 0 Å². The molecule has 2 fully saturated rings. The summed E-state index contributed by atoms with van der Waals surface area (Å²) in [7, 11) is 0. The zero-order valence-corrected chi connectivity index (χ0v) is 22.6. The summed E-state index contributed by atoms with van der Waals surface area (Å²) in [5.74, 6) is -0.431. The summed E-state index contributed by atoms with van der Waals surface area (Å²) in [4.78, 5) is 42.8. The number of benzene rings is 1. The maximum atomic E-state index is 14.2. The molecule has 5 rings (SSSR count). The molecule has 0 radical (unpaired) electrons. The highest BCUT2D eigenvalue weighted by Crippen LogP contribution is 2.46. The Labute approximate surface area is 227 Å². The molecule has 2 aliphatic heterocycles. The lowest BCUT2D eigenvalue weighted by Crippen LogP contribution is -2.52. The fourth-order valence-corrected chi connectivity index (χ4v) is 6.55. The van der Waals surface area contributed by atoms with Crippen molar-refractivity contribution in [1.82, 2.24) is 15.0 Å². The zero-order valence-electron chi connectivity index (χ0n) is 21.9. The van der Waals surface area contributed by atoms with Gasteiger partial charge in [-0.1, -0.05) is 29.6 Å². The number of rotatable bonds is 7. The van der Waals surface area contributed by atoms with Gasteiger partial charge in [0.15, 0.2) is 0 Å². The third-order valence-electron chi connectivity index (χ3n) is 8.47. The summed E-state index contributed by atoms with van der Waals surface area (Å²) < 4.78 is 11.4. The van der Waals surface area contributed by atoms with E-state index in [1.165, 1.54) is 0 Å². The van der Waals surface area contributed by atoms with Crippen LogP contribution in [0, 0.1) is 18.3 Å². The van der Waals surface area contributed by atoms with Gasteiger partial charge in [-0.3, -0.25) is 14.4 Å². The maximum Gasteiger partial charge on any atom is 0.310 e. The van der Waals surface area contributed by atoms with E-state index in [1.54, 1.807) is 34.9 Å². The zero-order chi connectivity index (χ0) is 27.0. The smallest absolute Gasteiger partial charge is 0.310 e. The molecular formula is C28H34ClN3O6. The Morgan fingerprint density at radius 2 is 2.05 bits per heavy atom. The molecule has 0 bridgehead atoms. The Balaban J connectivity index is 1.53. The standard InChI is InChI=1S/C28H34ClN3O6/c1-17-14-18(30-38-17)16-37-23-9-8-21(29)19-10-13-32(22(25(19)23)15-31-12-5-7-24(31)33)26(34)20-6-3-4-11-28(20,2)27(35)36/h8-9,14,20,22H,3-7,10-13,15-16H2,1-2H3,(H,35,36)/t20-,22+,28-/m0/s1. The first kappa shape index (κ1) is 26.5. The normalized spacial score (nSPS) is 25.4. The average Bonchev–Trinajstić information content (AvgIpc) is 3.50. The van der Waals surface area contributed by atoms with Crippen molar-refractivity contribution in [3.63, 3.8) is 0 Å². The van der Waals surface area contributed by atoms with Gasteiger partial charge in [-0.25, -0.2) is 0 Å². The van der Waals surface area contributed by atoms with Gasteiger partial charge in [0.25, 0.3) is 0 Å². The first-order valence-corrected chi connectivity index (χ1v) is 13.7. The minimum atomic E-state index is -1.12. The number of nitrogens with zero attached hydrogens (tertiary/aromatic N) is 3. The molecule has 0 unspecified atom stereocenters. The summed E-state index contributed by atoms with van der Waals surface area (Å²) in [6.07, 6.45) is 4.38. The van der Waals surface area contributed by atoms with Crippen LogP contribution in [0.5, 0.6) is 5.75 Å². The summed E-state index contributed by atoms with van der Waals surface area (Å²) in [5.41, 5.74) is 1.19. The Morgan fingerprint density at radius 3 is 2.74 bits per heavy atom. The van der Waals surface area contributed by atoms with Crippen molar-refractivity contribution in [2.24, 2.45) is 11.3 Å². The van der Waals surface area contributed by atoms with Gasteiger partial charge in [-0.2, -0.15) is 0 Å². The number of likely N-dealkylation sites (tertiary alicyclic amines) is 1. The summed E-state index contributed by atoms with van der Waals surface area (Å²) in [6.45, 7) is 5.01. The van der Waals surface area contributed by atoms with Gasteiger partial charge < -0.3 is 24.2 Å². The molecule has 3 atom stereocenters. The number of hydrogen-bond donors (Lipinski definition) is 1. The highest BCUT2D eigenvalue weighted by molar-refractivity contribution is 6.31. The third kappa shape index (κ3) is 4.88. The molecule has 0 spiro atoms.